The molecule has 0 atom stereocenters. The molecule has 0 radical (unpaired) electrons. The molecule has 4 aromatic rings. The molecule has 0 saturated heterocycles. The molecular formula is C20H17N3O2S. The lowest BCUT2D eigenvalue weighted by atomic mass is 10.1. The van der Waals surface area contributed by atoms with Crippen LogP contribution in [0.2, 0.25) is 0 Å². The summed E-state index contributed by atoms with van der Waals surface area (Å²) in [5.41, 5.74) is 3.08. The van der Waals surface area contributed by atoms with Gasteiger partial charge in [-0.2, -0.15) is 0 Å². The van der Waals surface area contributed by atoms with E-state index >= 15 is 0 Å². The molecule has 2 heterocycles. The van der Waals surface area contributed by atoms with Gasteiger partial charge in [-0.15, -0.1) is 10.2 Å². The van der Waals surface area contributed by atoms with Gasteiger partial charge in [0.1, 0.15) is 5.75 Å². The van der Waals surface area contributed by atoms with Crippen LogP contribution in [0.1, 0.15) is 11.5 Å². The zero-order valence-corrected chi connectivity index (χ0v) is 15.3. The van der Waals surface area contributed by atoms with E-state index < -0.39 is 0 Å². The zero-order chi connectivity index (χ0) is 17.9. The van der Waals surface area contributed by atoms with Gasteiger partial charge in [-0.1, -0.05) is 30.0 Å². The predicted octanol–water partition coefficient (Wildman–Crippen LogP) is 4.89. The minimum Gasteiger partial charge on any atom is -0.497 e. The molecule has 0 saturated carbocycles. The van der Waals surface area contributed by atoms with Crippen molar-refractivity contribution in [1.29, 1.82) is 0 Å². The lowest BCUT2D eigenvalue weighted by molar-refractivity contribution is 0.415. The summed E-state index contributed by atoms with van der Waals surface area (Å²) in [6.45, 7) is 2.10. The molecule has 2 aromatic heterocycles. The van der Waals surface area contributed by atoms with Crippen molar-refractivity contribution in [3.05, 3.63) is 66.1 Å². The Kier molecular flexibility index (Phi) is 4.58. The standard InChI is InChI=1S/C20H17N3O2S/c1-13-11-19(21-17-6-4-3-5-16(13)17)26-12-18-22-23-20(25-18)14-7-9-15(24-2)10-8-14/h3-11H,12H2,1-2H3. The molecule has 0 unspecified atom stereocenters. The molecule has 0 aliphatic carbocycles. The van der Waals surface area contributed by atoms with Gasteiger partial charge in [0.05, 0.1) is 23.4 Å². The van der Waals surface area contributed by atoms with Crippen molar-refractivity contribution in [2.24, 2.45) is 0 Å². The van der Waals surface area contributed by atoms with Crippen LogP contribution in [0.5, 0.6) is 5.75 Å². The summed E-state index contributed by atoms with van der Waals surface area (Å²) in [6, 6.07) is 17.8. The van der Waals surface area contributed by atoms with Crippen molar-refractivity contribution in [3.63, 3.8) is 0 Å². The minimum absolute atomic E-state index is 0.505. The number of aryl methyl sites for hydroxylation is 1. The number of para-hydroxylation sites is 1. The topological polar surface area (TPSA) is 61.0 Å². The molecule has 0 N–H and O–H groups in total. The van der Waals surface area contributed by atoms with Crippen LogP contribution >= 0.6 is 11.8 Å². The molecule has 0 bridgehead atoms. The van der Waals surface area contributed by atoms with Crippen molar-refractivity contribution in [3.8, 4) is 17.2 Å². The van der Waals surface area contributed by atoms with Gasteiger partial charge in [-0.05, 0) is 48.9 Å². The van der Waals surface area contributed by atoms with Gasteiger partial charge in [0, 0.05) is 10.9 Å². The van der Waals surface area contributed by atoms with Crippen molar-refractivity contribution < 1.29 is 9.15 Å². The Balaban J connectivity index is 1.49. The van der Waals surface area contributed by atoms with Crippen LogP contribution < -0.4 is 4.74 Å². The molecular weight excluding hydrogens is 346 g/mol. The number of benzene rings is 2. The smallest absolute Gasteiger partial charge is 0.247 e. The fourth-order valence-electron chi connectivity index (χ4n) is 2.69. The van der Waals surface area contributed by atoms with Gasteiger partial charge in [-0.3, -0.25) is 0 Å². The van der Waals surface area contributed by atoms with Gasteiger partial charge in [0.15, 0.2) is 0 Å². The number of rotatable bonds is 5. The first-order chi connectivity index (χ1) is 12.7. The van der Waals surface area contributed by atoms with Gasteiger partial charge in [0.25, 0.3) is 0 Å². The van der Waals surface area contributed by atoms with E-state index in [1.165, 1.54) is 10.9 Å². The molecule has 2 aromatic carbocycles. The number of pyridine rings is 1. The van der Waals surface area contributed by atoms with Crippen LogP contribution in [0.4, 0.5) is 0 Å². The number of hydrogen-bond acceptors (Lipinski definition) is 6. The fourth-order valence-corrected chi connectivity index (χ4v) is 3.50. The van der Waals surface area contributed by atoms with Gasteiger partial charge >= 0.3 is 0 Å². The summed E-state index contributed by atoms with van der Waals surface area (Å²) in [4.78, 5) is 4.69. The third-order valence-electron chi connectivity index (χ3n) is 4.05. The maximum absolute atomic E-state index is 5.77. The van der Waals surface area contributed by atoms with Gasteiger partial charge in [0.2, 0.25) is 11.8 Å². The third kappa shape index (κ3) is 3.41. The Bertz CT molecular complexity index is 1040. The number of methoxy groups -OCH3 is 1. The lowest BCUT2D eigenvalue weighted by Gasteiger charge is -2.05. The summed E-state index contributed by atoms with van der Waals surface area (Å²) in [7, 11) is 1.64. The highest BCUT2D eigenvalue weighted by Gasteiger charge is 2.10. The highest BCUT2D eigenvalue weighted by atomic mass is 32.2. The van der Waals surface area contributed by atoms with E-state index in [2.05, 4.69) is 29.3 Å². The van der Waals surface area contributed by atoms with Gasteiger partial charge < -0.3 is 9.15 Å². The molecule has 6 heteroatoms. The number of fused-ring (bicyclic) bond motifs is 1. The average molecular weight is 363 g/mol. The van der Waals surface area contributed by atoms with E-state index in [9.17, 15) is 0 Å². The van der Waals surface area contributed by atoms with E-state index in [-0.39, 0.29) is 0 Å². The highest BCUT2D eigenvalue weighted by molar-refractivity contribution is 7.98. The first-order valence-corrected chi connectivity index (χ1v) is 9.17. The van der Waals surface area contributed by atoms with Crippen LogP contribution in [-0.4, -0.2) is 22.3 Å². The lowest BCUT2D eigenvalue weighted by Crippen LogP contribution is -1.88. The second-order valence-corrected chi connectivity index (χ2v) is 6.81. The van der Waals surface area contributed by atoms with Crippen LogP contribution in [0.3, 0.4) is 0 Å². The van der Waals surface area contributed by atoms with E-state index in [1.807, 2.05) is 42.5 Å². The average Bonchev–Trinajstić information content (AvgIpc) is 3.15. The summed E-state index contributed by atoms with van der Waals surface area (Å²) in [5, 5.41) is 10.4. The maximum atomic E-state index is 5.77. The van der Waals surface area contributed by atoms with Crippen molar-refractivity contribution in [2.75, 3.05) is 7.11 Å². The largest absolute Gasteiger partial charge is 0.497 e. The molecule has 0 amide bonds. The minimum atomic E-state index is 0.505. The molecule has 0 aliphatic heterocycles. The summed E-state index contributed by atoms with van der Waals surface area (Å²) >= 11 is 1.59. The summed E-state index contributed by atoms with van der Waals surface area (Å²) in [5.74, 6) is 2.45. The second-order valence-electron chi connectivity index (χ2n) is 5.81. The summed E-state index contributed by atoms with van der Waals surface area (Å²) in [6.07, 6.45) is 0. The Morgan fingerprint density at radius 1 is 1.04 bits per heavy atom. The third-order valence-corrected chi connectivity index (χ3v) is 4.94. The van der Waals surface area contributed by atoms with E-state index in [1.54, 1.807) is 18.9 Å². The number of aromatic nitrogens is 3. The van der Waals surface area contributed by atoms with E-state index in [4.69, 9.17) is 14.1 Å². The van der Waals surface area contributed by atoms with Crippen molar-refractivity contribution in [2.45, 2.75) is 17.7 Å². The van der Waals surface area contributed by atoms with Crippen LogP contribution in [0.15, 0.2) is 64.0 Å². The molecule has 5 nitrogen and oxygen atoms in total. The Labute approximate surface area is 155 Å². The first kappa shape index (κ1) is 16.6. The number of hydrogen-bond donors (Lipinski definition) is 0. The van der Waals surface area contributed by atoms with E-state index in [0.29, 0.717) is 17.5 Å². The zero-order valence-electron chi connectivity index (χ0n) is 14.5. The van der Waals surface area contributed by atoms with Crippen LogP contribution in [0, 0.1) is 6.92 Å². The predicted molar refractivity (Wildman–Crippen MR) is 102 cm³/mol. The maximum Gasteiger partial charge on any atom is 0.247 e. The van der Waals surface area contributed by atoms with Gasteiger partial charge in [-0.25, -0.2) is 4.98 Å². The summed E-state index contributed by atoms with van der Waals surface area (Å²) < 4.78 is 10.9. The number of thioether (sulfide) groups is 1. The molecule has 0 spiro atoms. The SMILES string of the molecule is COc1ccc(-c2nnc(CSc3cc(C)c4ccccc4n3)o2)cc1. The van der Waals surface area contributed by atoms with E-state index in [0.717, 1.165) is 21.9 Å². The quantitative estimate of drug-likeness (QED) is 0.470. The molecule has 0 fully saturated rings. The Morgan fingerprint density at radius 2 is 1.85 bits per heavy atom. The molecule has 26 heavy (non-hydrogen) atoms. The first-order valence-electron chi connectivity index (χ1n) is 8.19. The van der Waals surface area contributed by atoms with Crippen LogP contribution in [-0.2, 0) is 5.75 Å². The second kappa shape index (κ2) is 7.17. The molecule has 0 aliphatic rings. The number of ether oxygens (including phenoxy) is 1. The highest BCUT2D eigenvalue weighted by Crippen LogP contribution is 2.27. The molecule has 4 rings (SSSR count). The van der Waals surface area contributed by atoms with Crippen LogP contribution in [0.25, 0.3) is 22.4 Å². The molecule has 130 valence electrons. The van der Waals surface area contributed by atoms with Crippen molar-refractivity contribution >= 4 is 22.7 Å². The monoisotopic (exact) mass is 363 g/mol. The van der Waals surface area contributed by atoms with Crippen molar-refractivity contribution in [1.82, 2.24) is 15.2 Å². The Morgan fingerprint density at radius 3 is 2.65 bits per heavy atom. The Hall–Kier alpha value is -2.86. The normalized spacial score (nSPS) is 11.0. The fraction of sp³-hybridized carbons (Fsp3) is 0.150. The number of nitrogens with zero attached hydrogens (tertiary/aromatic N) is 3.